The van der Waals surface area contributed by atoms with Gasteiger partial charge >= 0.3 is 0 Å². The lowest BCUT2D eigenvalue weighted by molar-refractivity contribution is -0.384. The lowest BCUT2D eigenvalue weighted by atomic mass is 10.2. The van der Waals surface area contributed by atoms with Crippen molar-refractivity contribution in [3.63, 3.8) is 0 Å². The number of benzene rings is 3. The number of nitro benzene ring substituents is 1. The monoisotopic (exact) mass is 473 g/mol. The summed E-state index contributed by atoms with van der Waals surface area (Å²) in [5.74, 6) is 1.10. The van der Waals surface area contributed by atoms with Gasteiger partial charge in [0.1, 0.15) is 6.61 Å². The quantitative estimate of drug-likeness (QED) is 0.258. The van der Waals surface area contributed by atoms with Crippen molar-refractivity contribution in [1.29, 1.82) is 0 Å². The number of hydrogen-bond donors (Lipinski definition) is 0. The molecule has 34 heavy (non-hydrogen) atoms. The molecule has 3 aromatic carbocycles. The zero-order valence-corrected chi connectivity index (χ0v) is 19.0. The van der Waals surface area contributed by atoms with Crippen LogP contribution in [0.25, 0.3) is 22.1 Å². The van der Waals surface area contributed by atoms with Gasteiger partial charge in [0, 0.05) is 12.1 Å². The van der Waals surface area contributed by atoms with Crippen molar-refractivity contribution in [2.24, 2.45) is 0 Å². The highest BCUT2D eigenvalue weighted by atomic mass is 32.1. The van der Waals surface area contributed by atoms with E-state index >= 15 is 0 Å². The van der Waals surface area contributed by atoms with E-state index in [0.29, 0.717) is 27.6 Å². The predicted octanol–water partition coefficient (Wildman–Crippen LogP) is 4.34. The second-order valence-electron chi connectivity index (χ2n) is 7.49. The lowest BCUT2D eigenvalue weighted by Gasteiger charge is -2.12. The molecular weight excluding hydrogens is 454 g/mol. The Labute approximate surface area is 197 Å². The largest absolute Gasteiger partial charge is 0.490 e. The Morgan fingerprint density at radius 1 is 1.06 bits per heavy atom. The highest BCUT2D eigenvalue weighted by Crippen LogP contribution is 2.30. The van der Waals surface area contributed by atoms with Crippen LogP contribution < -0.4 is 19.6 Å². The number of nitro groups is 1. The Morgan fingerprint density at radius 2 is 1.85 bits per heavy atom. The number of imidazole rings is 1. The van der Waals surface area contributed by atoms with Gasteiger partial charge in [-0.25, -0.2) is 9.38 Å². The first-order valence-corrected chi connectivity index (χ1v) is 11.4. The molecule has 0 spiro atoms. The summed E-state index contributed by atoms with van der Waals surface area (Å²) < 4.78 is 13.9. The van der Waals surface area contributed by atoms with Crippen LogP contribution in [0.5, 0.6) is 11.5 Å². The van der Waals surface area contributed by atoms with Gasteiger partial charge in [-0.2, -0.15) is 0 Å². The topological polar surface area (TPSA) is 96.0 Å². The molecule has 2 heterocycles. The zero-order chi connectivity index (χ0) is 23.7. The number of para-hydroxylation sites is 2. The third kappa shape index (κ3) is 4.08. The number of thiazole rings is 1. The van der Waals surface area contributed by atoms with Crippen molar-refractivity contribution in [2.45, 2.75) is 13.5 Å². The minimum absolute atomic E-state index is 0.0328. The van der Waals surface area contributed by atoms with E-state index in [9.17, 15) is 14.9 Å². The van der Waals surface area contributed by atoms with Crippen molar-refractivity contribution in [3.05, 3.63) is 103 Å². The fourth-order valence-corrected chi connectivity index (χ4v) is 4.63. The summed E-state index contributed by atoms with van der Waals surface area (Å²) in [5.41, 5.74) is 3.12. The molecule has 9 heteroatoms. The molecule has 0 N–H and O–H groups in total. The normalized spacial score (nSPS) is 11.9. The Balaban J connectivity index is 1.44. The molecule has 0 aliphatic heterocycles. The van der Waals surface area contributed by atoms with Gasteiger partial charge in [0.15, 0.2) is 16.5 Å². The van der Waals surface area contributed by atoms with Crippen LogP contribution in [-0.4, -0.2) is 20.9 Å². The fraction of sp³-hybridized carbons (Fsp3) is 0.120. The molecule has 0 atom stereocenters. The summed E-state index contributed by atoms with van der Waals surface area (Å²) in [7, 11) is 0. The van der Waals surface area contributed by atoms with Gasteiger partial charge in [-0.3, -0.25) is 14.9 Å². The molecule has 0 aliphatic carbocycles. The van der Waals surface area contributed by atoms with Crippen LogP contribution in [0.4, 0.5) is 5.69 Å². The maximum absolute atomic E-state index is 13.0. The first kappa shape index (κ1) is 21.6. The summed E-state index contributed by atoms with van der Waals surface area (Å²) >= 11 is 1.34. The summed E-state index contributed by atoms with van der Waals surface area (Å²) in [6, 6.07) is 19.3. The molecular formula is C25H19N3O5S. The first-order chi connectivity index (χ1) is 16.5. The molecule has 5 aromatic rings. The van der Waals surface area contributed by atoms with Crippen LogP contribution in [0.2, 0.25) is 0 Å². The molecule has 0 amide bonds. The Bertz CT molecular complexity index is 1620. The first-order valence-electron chi connectivity index (χ1n) is 10.6. The molecule has 0 radical (unpaired) electrons. The summed E-state index contributed by atoms with van der Waals surface area (Å²) in [4.78, 5) is 28.6. The Morgan fingerprint density at radius 3 is 2.62 bits per heavy atom. The third-order valence-corrected chi connectivity index (χ3v) is 6.22. The average Bonchev–Trinajstić information content (AvgIpc) is 3.35. The average molecular weight is 474 g/mol. The van der Waals surface area contributed by atoms with Crippen LogP contribution in [0, 0.1) is 10.1 Å². The van der Waals surface area contributed by atoms with Crippen LogP contribution in [-0.2, 0) is 6.61 Å². The summed E-state index contributed by atoms with van der Waals surface area (Å²) in [5, 5.41) is 10.8. The lowest BCUT2D eigenvalue weighted by Crippen LogP contribution is -2.22. The Hall–Kier alpha value is -4.24. The van der Waals surface area contributed by atoms with E-state index in [0.717, 1.165) is 22.2 Å². The number of fused-ring (bicyclic) bond motifs is 3. The minimum atomic E-state index is -0.437. The van der Waals surface area contributed by atoms with Gasteiger partial charge in [-0.05, 0) is 60.5 Å². The predicted molar refractivity (Wildman–Crippen MR) is 131 cm³/mol. The number of ether oxygens (including phenoxy) is 2. The van der Waals surface area contributed by atoms with Gasteiger partial charge in [0.2, 0.25) is 0 Å². The molecule has 0 unspecified atom stereocenters. The van der Waals surface area contributed by atoms with E-state index in [4.69, 9.17) is 9.47 Å². The number of non-ortho nitro benzene ring substituents is 1. The van der Waals surface area contributed by atoms with Crippen LogP contribution in [0.3, 0.4) is 0 Å². The third-order valence-electron chi connectivity index (χ3n) is 5.25. The van der Waals surface area contributed by atoms with E-state index in [1.54, 1.807) is 22.6 Å². The van der Waals surface area contributed by atoms with Crippen molar-refractivity contribution >= 4 is 39.1 Å². The smallest absolute Gasteiger partial charge is 0.274 e. The Kier molecular flexibility index (Phi) is 5.69. The molecule has 0 fully saturated rings. The minimum Gasteiger partial charge on any atom is -0.490 e. The van der Waals surface area contributed by atoms with Gasteiger partial charge in [-0.15, -0.1) is 0 Å². The molecule has 8 nitrogen and oxygen atoms in total. The molecule has 2 aromatic heterocycles. The number of aromatic nitrogens is 2. The van der Waals surface area contributed by atoms with Crippen LogP contribution in [0.15, 0.2) is 71.5 Å². The van der Waals surface area contributed by atoms with Gasteiger partial charge in [0.25, 0.3) is 11.2 Å². The second-order valence-corrected chi connectivity index (χ2v) is 8.49. The molecule has 0 bridgehead atoms. The number of nitrogens with zero attached hydrogens (tertiary/aromatic N) is 3. The highest BCUT2D eigenvalue weighted by Gasteiger charge is 2.12. The van der Waals surface area contributed by atoms with E-state index in [-0.39, 0.29) is 17.9 Å². The van der Waals surface area contributed by atoms with Crippen molar-refractivity contribution in [3.8, 4) is 11.5 Å². The van der Waals surface area contributed by atoms with Crippen molar-refractivity contribution in [1.82, 2.24) is 9.38 Å². The summed E-state index contributed by atoms with van der Waals surface area (Å²) in [6.07, 6.45) is 1.82. The molecule has 0 aliphatic rings. The summed E-state index contributed by atoms with van der Waals surface area (Å²) in [6.45, 7) is 2.57. The molecule has 0 saturated heterocycles. The van der Waals surface area contributed by atoms with Crippen LogP contribution >= 0.6 is 11.3 Å². The van der Waals surface area contributed by atoms with Crippen molar-refractivity contribution < 1.29 is 14.4 Å². The second kappa shape index (κ2) is 8.95. The highest BCUT2D eigenvalue weighted by molar-refractivity contribution is 7.15. The standard InChI is InChI=1S/C25H19N3O5S/c1-2-32-22-13-17(9-12-21(22)33-15-16-7-10-18(11-8-16)28(30)31)14-23-24(29)27-20-6-4-3-5-19(20)26-25(27)34-23/h3-14H,2,15H2,1H3/b23-14-. The van der Waals surface area contributed by atoms with Gasteiger partial charge < -0.3 is 9.47 Å². The maximum Gasteiger partial charge on any atom is 0.274 e. The van der Waals surface area contributed by atoms with Crippen LogP contribution in [0.1, 0.15) is 18.1 Å². The van der Waals surface area contributed by atoms with Gasteiger partial charge in [0.05, 0.1) is 27.1 Å². The molecule has 170 valence electrons. The SMILES string of the molecule is CCOc1cc(/C=c2\sc3nc4ccccc4n3c2=O)ccc1OCc1ccc([N+](=O)[O-])cc1. The maximum atomic E-state index is 13.0. The van der Waals surface area contributed by atoms with Gasteiger partial charge in [-0.1, -0.05) is 29.5 Å². The van der Waals surface area contributed by atoms with E-state index in [2.05, 4.69) is 4.98 Å². The zero-order valence-electron chi connectivity index (χ0n) is 18.1. The fourth-order valence-electron chi connectivity index (χ4n) is 3.64. The van der Waals surface area contributed by atoms with Crippen molar-refractivity contribution in [2.75, 3.05) is 6.61 Å². The number of hydrogen-bond acceptors (Lipinski definition) is 7. The molecule has 0 saturated carbocycles. The number of rotatable bonds is 7. The van der Waals surface area contributed by atoms with E-state index in [1.807, 2.05) is 49.4 Å². The van der Waals surface area contributed by atoms with E-state index in [1.165, 1.54) is 23.5 Å². The van der Waals surface area contributed by atoms with E-state index < -0.39 is 4.92 Å². The molecule has 5 rings (SSSR count).